The molecular formula is C9H12BClO2. The molecule has 0 unspecified atom stereocenters. The molecule has 0 aliphatic carbocycles. The Morgan fingerprint density at radius 3 is 2.31 bits per heavy atom. The molecule has 70 valence electrons. The van der Waals surface area contributed by atoms with E-state index in [1.807, 2.05) is 13.8 Å². The molecular weight excluding hydrogens is 186 g/mol. The van der Waals surface area contributed by atoms with Gasteiger partial charge in [-0.15, -0.1) is 0 Å². The molecule has 13 heavy (non-hydrogen) atoms. The van der Waals surface area contributed by atoms with Crippen LogP contribution in [0.15, 0.2) is 18.2 Å². The van der Waals surface area contributed by atoms with E-state index in [9.17, 15) is 0 Å². The first kappa shape index (κ1) is 10.6. The monoisotopic (exact) mass is 198 g/mol. The molecule has 2 nitrogen and oxygen atoms in total. The lowest BCUT2D eigenvalue weighted by Gasteiger charge is -2.13. The highest BCUT2D eigenvalue weighted by Crippen LogP contribution is 2.21. The van der Waals surface area contributed by atoms with Gasteiger partial charge >= 0.3 is 7.12 Å². The van der Waals surface area contributed by atoms with Crippen molar-refractivity contribution in [3.8, 4) is 0 Å². The summed E-state index contributed by atoms with van der Waals surface area (Å²) in [6.45, 7) is 3.93. The van der Waals surface area contributed by atoms with Crippen molar-refractivity contribution in [3.63, 3.8) is 0 Å². The standard InChI is InChI=1S/C9H12BClO2/c1-6(2)9-7(10(12)13)4-3-5-8(9)11/h3-6,12-13H,1-2H3. The average molecular weight is 198 g/mol. The zero-order valence-electron chi connectivity index (χ0n) is 7.66. The van der Waals surface area contributed by atoms with Gasteiger partial charge in [-0.1, -0.05) is 37.6 Å². The summed E-state index contributed by atoms with van der Waals surface area (Å²) < 4.78 is 0. The summed E-state index contributed by atoms with van der Waals surface area (Å²) >= 11 is 5.95. The summed E-state index contributed by atoms with van der Waals surface area (Å²) in [4.78, 5) is 0. The van der Waals surface area contributed by atoms with Crippen LogP contribution in [-0.4, -0.2) is 17.2 Å². The Balaban J connectivity index is 3.26. The van der Waals surface area contributed by atoms with E-state index in [1.54, 1.807) is 18.2 Å². The second kappa shape index (κ2) is 4.14. The maximum atomic E-state index is 9.07. The van der Waals surface area contributed by atoms with Crippen molar-refractivity contribution in [1.29, 1.82) is 0 Å². The van der Waals surface area contributed by atoms with E-state index in [4.69, 9.17) is 21.6 Å². The van der Waals surface area contributed by atoms with Gasteiger partial charge in [0.15, 0.2) is 0 Å². The molecule has 0 spiro atoms. The van der Waals surface area contributed by atoms with Crippen LogP contribution in [0.1, 0.15) is 25.3 Å². The highest BCUT2D eigenvalue weighted by molar-refractivity contribution is 6.59. The maximum absolute atomic E-state index is 9.07. The van der Waals surface area contributed by atoms with E-state index in [0.29, 0.717) is 10.5 Å². The zero-order valence-corrected chi connectivity index (χ0v) is 8.42. The molecule has 0 aliphatic heterocycles. The second-order valence-corrected chi connectivity index (χ2v) is 3.68. The molecule has 0 amide bonds. The molecule has 0 heterocycles. The van der Waals surface area contributed by atoms with Crippen LogP contribution in [0.25, 0.3) is 0 Å². The molecule has 4 heteroatoms. The lowest BCUT2D eigenvalue weighted by molar-refractivity contribution is 0.425. The van der Waals surface area contributed by atoms with E-state index in [0.717, 1.165) is 5.56 Å². The minimum absolute atomic E-state index is 0.186. The van der Waals surface area contributed by atoms with Gasteiger partial charge in [0.25, 0.3) is 0 Å². The van der Waals surface area contributed by atoms with Gasteiger partial charge in [-0.2, -0.15) is 0 Å². The summed E-state index contributed by atoms with van der Waals surface area (Å²) in [6.07, 6.45) is 0. The summed E-state index contributed by atoms with van der Waals surface area (Å²) in [5.41, 5.74) is 1.29. The van der Waals surface area contributed by atoms with E-state index >= 15 is 0 Å². The Morgan fingerprint density at radius 2 is 1.92 bits per heavy atom. The number of rotatable bonds is 2. The van der Waals surface area contributed by atoms with Crippen LogP contribution in [0.3, 0.4) is 0 Å². The van der Waals surface area contributed by atoms with Crippen molar-refractivity contribution in [1.82, 2.24) is 0 Å². The van der Waals surface area contributed by atoms with Crippen LogP contribution in [-0.2, 0) is 0 Å². The van der Waals surface area contributed by atoms with Crippen LogP contribution in [0.5, 0.6) is 0 Å². The van der Waals surface area contributed by atoms with Gasteiger partial charge in [0.1, 0.15) is 0 Å². The normalized spacial score (nSPS) is 10.6. The molecule has 0 aromatic heterocycles. The van der Waals surface area contributed by atoms with Crippen LogP contribution >= 0.6 is 11.6 Å². The fourth-order valence-electron chi connectivity index (χ4n) is 1.39. The van der Waals surface area contributed by atoms with E-state index in [2.05, 4.69) is 0 Å². The molecule has 0 saturated carbocycles. The highest BCUT2D eigenvalue weighted by Gasteiger charge is 2.19. The van der Waals surface area contributed by atoms with Crippen molar-refractivity contribution >= 4 is 24.2 Å². The quantitative estimate of drug-likeness (QED) is 0.700. The molecule has 1 rings (SSSR count). The Kier molecular flexibility index (Phi) is 3.36. The molecule has 1 aromatic rings. The first-order chi connectivity index (χ1) is 6.04. The van der Waals surface area contributed by atoms with Crippen molar-refractivity contribution in [3.05, 3.63) is 28.8 Å². The first-order valence-electron chi connectivity index (χ1n) is 4.18. The van der Waals surface area contributed by atoms with Crippen molar-refractivity contribution in [2.75, 3.05) is 0 Å². The molecule has 2 N–H and O–H groups in total. The van der Waals surface area contributed by atoms with E-state index in [1.165, 1.54) is 0 Å². The van der Waals surface area contributed by atoms with Crippen molar-refractivity contribution in [2.45, 2.75) is 19.8 Å². The van der Waals surface area contributed by atoms with Crippen molar-refractivity contribution < 1.29 is 10.0 Å². The van der Waals surface area contributed by atoms with E-state index < -0.39 is 7.12 Å². The molecule has 0 radical (unpaired) electrons. The Hall–Kier alpha value is -0.505. The molecule has 0 saturated heterocycles. The average Bonchev–Trinajstić information content (AvgIpc) is 2.02. The number of halogens is 1. The zero-order chi connectivity index (χ0) is 10.0. The minimum atomic E-state index is -1.45. The lowest BCUT2D eigenvalue weighted by Crippen LogP contribution is -2.33. The van der Waals surface area contributed by atoms with Crippen molar-refractivity contribution in [2.24, 2.45) is 0 Å². The Morgan fingerprint density at radius 1 is 1.31 bits per heavy atom. The topological polar surface area (TPSA) is 40.5 Å². The molecule has 0 atom stereocenters. The smallest absolute Gasteiger partial charge is 0.423 e. The summed E-state index contributed by atoms with van der Waals surface area (Å²) in [6, 6.07) is 5.14. The SMILES string of the molecule is CC(C)c1c(Cl)cccc1B(O)O. The molecule has 0 bridgehead atoms. The predicted octanol–water partition coefficient (Wildman–Crippen LogP) is 1.14. The predicted molar refractivity (Wildman–Crippen MR) is 55.4 cm³/mol. The fraction of sp³-hybridized carbons (Fsp3) is 0.333. The van der Waals surface area contributed by atoms with Crippen LogP contribution < -0.4 is 5.46 Å². The van der Waals surface area contributed by atoms with Crippen LogP contribution in [0, 0.1) is 0 Å². The third-order valence-corrected chi connectivity index (χ3v) is 2.27. The Bertz CT molecular complexity index is 300. The minimum Gasteiger partial charge on any atom is -0.423 e. The van der Waals surface area contributed by atoms with E-state index in [-0.39, 0.29) is 5.92 Å². The highest BCUT2D eigenvalue weighted by atomic mass is 35.5. The maximum Gasteiger partial charge on any atom is 0.488 e. The second-order valence-electron chi connectivity index (χ2n) is 3.27. The number of hydrogen-bond acceptors (Lipinski definition) is 2. The van der Waals surface area contributed by atoms with Gasteiger partial charge in [0.2, 0.25) is 0 Å². The van der Waals surface area contributed by atoms with Gasteiger partial charge in [-0.25, -0.2) is 0 Å². The summed E-state index contributed by atoms with van der Waals surface area (Å²) in [5.74, 6) is 0.186. The van der Waals surface area contributed by atoms with Crippen LogP contribution in [0.4, 0.5) is 0 Å². The van der Waals surface area contributed by atoms with Gasteiger partial charge in [0.05, 0.1) is 0 Å². The van der Waals surface area contributed by atoms with Gasteiger partial charge in [-0.3, -0.25) is 0 Å². The van der Waals surface area contributed by atoms with Crippen LogP contribution in [0.2, 0.25) is 5.02 Å². The van der Waals surface area contributed by atoms with Gasteiger partial charge < -0.3 is 10.0 Å². The number of benzene rings is 1. The Labute approximate surface area is 83.3 Å². The summed E-state index contributed by atoms with van der Waals surface area (Å²) in [7, 11) is -1.45. The van der Waals surface area contributed by atoms with Gasteiger partial charge in [0, 0.05) is 5.02 Å². The van der Waals surface area contributed by atoms with Gasteiger partial charge in [-0.05, 0) is 23.0 Å². The first-order valence-corrected chi connectivity index (χ1v) is 4.56. The molecule has 1 aromatic carbocycles. The molecule has 0 aliphatic rings. The lowest BCUT2D eigenvalue weighted by atomic mass is 9.74. The summed E-state index contributed by atoms with van der Waals surface area (Å²) in [5, 5.41) is 18.7. The third-order valence-electron chi connectivity index (χ3n) is 1.94. The third kappa shape index (κ3) is 2.24. The fourth-order valence-corrected chi connectivity index (χ4v) is 1.79. The largest absolute Gasteiger partial charge is 0.488 e. The molecule has 0 fully saturated rings. The number of hydrogen-bond donors (Lipinski definition) is 2.